The minimum atomic E-state index is -0.0881. The van der Waals surface area contributed by atoms with Gasteiger partial charge in [0.15, 0.2) is 0 Å². The van der Waals surface area contributed by atoms with Gasteiger partial charge in [0.1, 0.15) is 5.75 Å². The van der Waals surface area contributed by atoms with Crippen molar-refractivity contribution in [3.63, 3.8) is 0 Å². The van der Waals surface area contributed by atoms with Crippen molar-refractivity contribution in [1.82, 2.24) is 0 Å². The standard InChI is InChI=1S/C15H19NOS/c1-17-12-5-6-13-11(9-12)10-14(18-13)15(16)7-3-2-4-8-15/h5-6,9-10H,2-4,7-8,16H2,1H3. The highest BCUT2D eigenvalue weighted by molar-refractivity contribution is 7.19. The first kappa shape index (κ1) is 12.0. The molecule has 1 fully saturated rings. The lowest BCUT2D eigenvalue weighted by Gasteiger charge is -2.32. The molecule has 0 aliphatic heterocycles. The Morgan fingerprint density at radius 3 is 2.67 bits per heavy atom. The highest BCUT2D eigenvalue weighted by atomic mass is 32.1. The lowest BCUT2D eigenvalue weighted by Crippen LogP contribution is -2.37. The van der Waals surface area contributed by atoms with Crippen LogP contribution in [0.4, 0.5) is 0 Å². The van der Waals surface area contributed by atoms with Gasteiger partial charge in [-0.05, 0) is 42.5 Å². The van der Waals surface area contributed by atoms with E-state index < -0.39 is 0 Å². The molecule has 1 heterocycles. The predicted molar refractivity (Wildman–Crippen MR) is 77.3 cm³/mol. The molecule has 3 heteroatoms. The molecule has 0 bridgehead atoms. The van der Waals surface area contributed by atoms with E-state index in [-0.39, 0.29) is 5.54 Å². The third kappa shape index (κ3) is 2.02. The van der Waals surface area contributed by atoms with Crippen LogP contribution in [0.15, 0.2) is 24.3 Å². The topological polar surface area (TPSA) is 35.2 Å². The van der Waals surface area contributed by atoms with Crippen molar-refractivity contribution in [2.24, 2.45) is 5.73 Å². The van der Waals surface area contributed by atoms with Gasteiger partial charge in [-0.1, -0.05) is 19.3 Å². The van der Waals surface area contributed by atoms with Crippen LogP contribution in [-0.2, 0) is 5.54 Å². The number of benzene rings is 1. The molecule has 2 N–H and O–H groups in total. The van der Waals surface area contributed by atoms with Crippen molar-refractivity contribution < 1.29 is 4.74 Å². The van der Waals surface area contributed by atoms with Crippen LogP contribution in [0.25, 0.3) is 10.1 Å². The molecule has 18 heavy (non-hydrogen) atoms. The minimum absolute atomic E-state index is 0.0881. The van der Waals surface area contributed by atoms with Crippen LogP contribution in [0, 0.1) is 0 Å². The maximum Gasteiger partial charge on any atom is 0.119 e. The fourth-order valence-corrected chi connectivity index (χ4v) is 4.02. The van der Waals surface area contributed by atoms with Gasteiger partial charge in [-0.3, -0.25) is 0 Å². The maximum atomic E-state index is 6.59. The molecule has 2 nitrogen and oxygen atoms in total. The van der Waals surface area contributed by atoms with E-state index >= 15 is 0 Å². The summed E-state index contributed by atoms with van der Waals surface area (Å²) in [4.78, 5) is 1.34. The molecule has 1 aliphatic rings. The summed E-state index contributed by atoms with van der Waals surface area (Å²) in [7, 11) is 1.71. The first-order chi connectivity index (χ1) is 8.71. The summed E-state index contributed by atoms with van der Waals surface area (Å²) in [5.74, 6) is 0.918. The summed E-state index contributed by atoms with van der Waals surface area (Å²) in [5.41, 5.74) is 6.51. The number of fused-ring (bicyclic) bond motifs is 1. The van der Waals surface area contributed by atoms with Crippen molar-refractivity contribution in [1.29, 1.82) is 0 Å². The van der Waals surface area contributed by atoms with Gasteiger partial charge in [0.05, 0.1) is 12.6 Å². The fraction of sp³-hybridized carbons (Fsp3) is 0.467. The van der Waals surface area contributed by atoms with E-state index in [9.17, 15) is 0 Å². The van der Waals surface area contributed by atoms with Crippen LogP contribution in [0.5, 0.6) is 5.75 Å². The van der Waals surface area contributed by atoms with Crippen LogP contribution < -0.4 is 10.5 Å². The Hall–Kier alpha value is -1.06. The summed E-state index contributed by atoms with van der Waals surface area (Å²) in [6.45, 7) is 0. The van der Waals surface area contributed by atoms with Gasteiger partial charge < -0.3 is 10.5 Å². The van der Waals surface area contributed by atoms with Crippen LogP contribution in [0.2, 0.25) is 0 Å². The van der Waals surface area contributed by atoms with Crippen molar-refractivity contribution in [2.45, 2.75) is 37.6 Å². The Balaban J connectivity index is 2.02. The molecule has 0 saturated heterocycles. The van der Waals surface area contributed by atoms with E-state index in [0.29, 0.717) is 0 Å². The quantitative estimate of drug-likeness (QED) is 0.886. The number of thiophene rings is 1. The zero-order valence-corrected chi connectivity index (χ0v) is 11.6. The van der Waals surface area contributed by atoms with E-state index in [1.165, 1.54) is 34.2 Å². The van der Waals surface area contributed by atoms with E-state index in [0.717, 1.165) is 18.6 Å². The predicted octanol–water partition coefficient (Wildman–Crippen LogP) is 4.03. The smallest absolute Gasteiger partial charge is 0.119 e. The molecular weight excluding hydrogens is 242 g/mol. The van der Waals surface area contributed by atoms with Crippen LogP contribution in [-0.4, -0.2) is 7.11 Å². The normalized spacial score (nSPS) is 19.0. The average molecular weight is 261 g/mol. The summed E-state index contributed by atoms with van der Waals surface area (Å²) < 4.78 is 6.58. The summed E-state index contributed by atoms with van der Waals surface area (Å²) in [5, 5.41) is 1.25. The Kier molecular flexibility index (Phi) is 3.04. The molecule has 0 amide bonds. The summed E-state index contributed by atoms with van der Waals surface area (Å²) in [6, 6.07) is 8.51. The fourth-order valence-electron chi connectivity index (χ4n) is 2.82. The molecule has 2 aromatic rings. The minimum Gasteiger partial charge on any atom is -0.497 e. The van der Waals surface area contributed by atoms with Crippen LogP contribution in [0.3, 0.4) is 0 Å². The largest absolute Gasteiger partial charge is 0.497 e. The molecule has 0 spiro atoms. The lowest BCUT2D eigenvalue weighted by molar-refractivity contribution is 0.308. The first-order valence-corrected chi connectivity index (χ1v) is 7.40. The molecule has 1 aliphatic carbocycles. The van der Waals surface area contributed by atoms with Crippen molar-refractivity contribution in [3.05, 3.63) is 29.1 Å². The zero-order chi connectivity index (χ0) is 12.6. The number of methoxy groups -OCH3 is 1. The average Bonchev–Trinajstić information content (AvgIpc) is 2.83. The molecule has 0 atom stereocenters. The molecule has 0 radical (unpaired) electrons. The zero-order valence-electron chi connectivity index (χ0n) is 10.7. The number of ether oxygens (including phenoxy) is 1. The Bertz CT molecular complexity index is 555. The van der Waals surface area contributed by atoms with Crippen LogP contribution >= 0.6 is 11.3 Å². The second kappa shape index (κ2) is 4.56. The van der Waals surface area contributed by atoms with Gasteiger partial charge >= 0.3 is 0 Å². The van der Waals surface area contributed by atoms with E-state index in [4.69, 9.17) is 10.5 Å². The molecule has 3 rings (SSSR count). The number of hydrogen-bond donors (Lipinski definition) is 1. The van der Waals surface area contributed by atoms with Crippen molar-refractivity contribution in [2.75, 3.05) is 7.11 Å². The van der Waals surface area contributed by atoms with Gasteiger partial charge in [-0.2, -0.15) is 0 Å². The molecule has 96 valence electrons. The second-order valence-corrected chi connectivity index (χ2v) is 6.31. The summed E-state index contributed by atoms with van der Waals surface area (Å²) in [6.07, 6.45) is 6.09. The first-order valence-electron chi connectivity index (χ1n) is 6.58. The number of rotatable bonds is 2. The SMILES string of the molecule is COc1ccc2sc(C3(N)CCCCC3)cc2c1. The lowest BCUT2D eigenvalue weighted by atomic mass is 9.81. The number of hydrogen-bond acceptors (Lipinski definition) is 3. The van der Waals surface area contributed by atoms with Gasteiger partial charge in [0.25, 0.3) is 0 Å². The Morgan fingerprint density at radius 1 is 1.17 bits per heavy atom. The highest BCUT2D eigenvalue weighted by Gasteiger charge is 2.30. The van der Waals surface area contributed by atoms with Crippen molar-refractivity contribution >= 4 is 21.4 Å². The summed E-state index contributed by atoms with van der Waals surface area (Å²) >= 11 is 1.84. The van der Waals surface area contributed by atoms with Gasteiger partial charge in [-0.15, -0.1) is 11.3 Å². The Labute approximate surface area is 112 Å². The third-order valence-electron chi connectivity index (χ3n) is 3.96. The molecule has 1 saturated carbocycles. The molecule has 1 aromatic heterocycles. The second-order valence-electron chi connectivity index (χ2n) is 5.23. The monoisotopic (exact) mass is 261 g/mol. The van der Waals surface area contributed by atoms with Crippen LogP contribution in [0.1, 0.15) is 37.0 Å². The van der Waals surface area contributed by atoms with Gasteiger partial charge in [0.2, 0.25) is 0 Å². The van der Waals surface area contributed by atoms with E-state index in [1.807, 2.05) is 17.4 Å². The van der Waals surface area contributed by atoms with E-state index in [1.54, 1.807) is 7.11 Å². The third-order valence-corrected chi connectivity index (χ3v) is 5.30. The Morgan fingerprint density at radius 2 is 1.94 bits per heavy atom. The number of nitrogens with two attached hydrogens (primary N) is 1. The molecule has 1 aromatic carbocycles. The van der Waals surface area contributed by atoms with Gasteiger partial charge in [0, 0.05) is 9.58 Å². The van der Waals surface area contributed by atoms with E-state index in [2.05, 4.69) is 18.2 Å². The molecular formula is C15H19NOS. The highest BCUT2D eigenvalue weighted by Crippen LogP contribution is 2.41. The van der Waals surface area contributed by atoms with Gasteiger partial charge in [-0.25, -0.2) is 0 Å². The molecule has 0 unspecified atom stereocenters. The van der Waals surface area contributed by atoms with Crippen molar-refractivity contribution in [3.8, 4) is 5.75 Å². The maximum absolute atomic E-state index is 6.59.